The van der Waals surface area contributed by atoms with Gasteiger partial charge in [-0.05, 0) is 230 Å². The zero-order chi connectivity index (χ0) is 110. The van der Waals surface area contributed by atoms with Crippen LogP contribution in [0.25, 0.3) is 110 Å². The van der Waals surface area contributed by atoms with Gasteiger partial charge in [0.2, 0.25) is 5.95 Å². The molecule has 0 atom stereocenters. The van der Waals surface area contributed by atoms with E-state index in [9.17, 15) is 61.9 Å². The molecule has 0 spiro atoms. The highest BCUT2D eigenvalue weighted by molar-refractivity contribution is 9.11. The molecule has 782 valence electrons. The van der Waals surface area contributed by atoms with Gasteiger partial charge < -0.3 is 51.7 Å². The Hall–Kier alpha value is -14.0. The summed E-state index contributed by atoms with van der Waals surface area (Å²) in [6.07, 6.45) is 11.2. The van der Waals surface area contributed by atoms with Crippen molar-refractivity contribution in [3.63, 3.8) is 0 Å². The van der Waals surface area contributed by atoms with Gasteiger partial charge in [0.1, 0.15) is 11.2 Å². The van der Waals surface area contributed by atoms with Gasteiger partial charge in [0.15, 0.2) is 74.8 Å². The van der Waals surface area contributed by atoms with E-state index in [-0.39, 0.29) is 42.9 Å². The van der Waals surface area contributed by atoms with Gasteiger partial charge in [-0.15, -0.1) is 11.6 Å². The van der Waals surface area contributed by atoms with Crippen molar-refractivity contribution in [3.05, 3.63) is 323 Å². The molecular weight excluding hydrogens is 2330 g/mol. The molecule has 150 heavy (non-hydrogen) atoms. The van der Waals surface area contributed by atoms with Crippen molar-refractivity contribution in [1.82, 2.24) is 122 Å². The number of pyridine rings is 1. The second kappa shape index (κ2) is 43.5. The topological polar surface area (TPSA) is 433 Å². The van der Waals surface area contributed by atoms with Crippen molar-refractivity contribution >= 4 is 267 Å². The van der Waals surface area contributed by atoms with Gasteiger partial charge in [0, 0.05) is 183 Å². The third-order valence-corrected chi connectivity index (χ3v) is 29.2. The Kier molecular flexibility index (Phi) is 31.6. The maximum absolute atomic E-state index is 13.4. The minimum atomic E-state index is -1.00. The van der Waals surface area contributed by atoms with Crippen molar-refractivity contribution in [2.45, 2.75) is 84.8 Å². The first-order chi connectivity index (χ1) is 71.2. The summed E-state index contributed by atoms with van der Waals surface area (Å²) in [6.45, 7) is 11.2. The Morgan fingerprint density at radius 2 is 0.747 bits per heavy atom. The zero-order valence-electron chi connectivity index (χ0n) is 84.2. The third kappa shape index (κ3) is 21.4. The molecule has 21 aromatic rings. The average Bonchev–Trinajstić information content (AvgIpc) is 1.60. The number of halogens is 11. The number of benzene rings is 5. The number of nitrogens with zero attached hydrogens (tertiary/aromatic N) is 24. The number of imidazole rings is 5. The van der Waals surface area contributed by atoms with Crippen LogP contribution in [0.15, 0.2) is 213 Å². The molecule has 0 unspecified atom stereocenters. The standard InChI is InChI=1S/C22H20ClN7O2.C21H21BrClN5O4.C17H15BrClN5O2.C16H13BrClN5O2.C14H15Cl2NO2.C7H7BrN4O2.CH3F/c1-27-9-6-15-16(23)10-13(11-17(15)27)12-30-20(31)18-19(29(3)22(30)32)26-21(28(18)2)25-14-4-7-24-8-5-14;1-21(2,3)32-20(31)27-7-6-12-13(23)8-11(9-14(12)27)10-28-17(29)15-16(26(5)19(28)30)24-18(22)25(15)4;1-21-5-4-10-11(19)6-9(7-12(10)21)8-24-15(25)13-14(23(3)17(24)26)20-16(18)22(13)2;1-21-12-13(20-15(21)17)22(2)16(25)23(14(12)24)7-8-5-10(18)9-3-4-19-11(9)6-8;1-14(2,3)19-13(18)17-7-6-10-11(17)5-4-9(8-15)12(10)16;1-11-3-4(9-6(11)8)12(2)7(14)10-5(3)13;1-2/h4-11H,12H2,1-3H3,(H,24,25,26);6-9H,10H2,1-5H3;4-7H,8H2,1-3H3;3-6,19H,7H2,1-2H3;4-7H,8H2,1-3H3;1-2H3,(H,10,13,14);1H3/i;;;;;;1D. The third-order valence-electron chi connectivity index (χ3n) is 24.4. The highest BCUT2D eigenvalue weighted by atomic mass is 79.9. The lowest BCUT2D eigenvalue weighted by molar-refractivity contribution is 0.0533. The summed E-state index contributed by atoms with van der Waals surface area (Å²) in [5, 5.41) is 10.1. The van der Waals surface area contributed by atoms with Gasteiger partial charge in [0.25, 0.3) is 27.8 Å². The van der Waals surface area contributed by atoms with Crippen LogP contribution in [0.3, 0.4) is 0 Å². The number of hydrogen-bond acceptors (Lipinski definition) is 21. The van der Waals surface area contributed by atoms with Gasteiger partial charge in [-0.1, -0.05) is 64.1 Å². The fraction of sp³-hybridized carbons (Fsp3) is 0.265. The molecule has 0 saturated carbocycles. The van der Waals surface area contributed by atoms with E-state index in [1.165, 1.54) is 45.7 Å². The molecule has 0 aliphatic heterocycles. The van der Waals surface area contributed by atoms with Crippen LogP contribution in [-0.4, -0.2) is 153 Å². The average molecular weight is 2430 g/mol. The van der Waals surface area contributed by atoms with Crippen LogP contribution in [0.5, 0.6) is 0 Å². The summed E-state index contributed by atoms with van der Waals surface area (Å²) in [5.41, 5.74) is 6.34. The van der Waals surface area contributed by atoms with Crippen LogP contribution in [0, 0.1) is 0 Å². The summed E-state index contributed by atoms with van der Waals surface area (Å²) in [7, 11) is 19.3. The molecule has 16 heterocycles. The largest absolute Gasteiger partial charge is 0.443 e. The number of carbonyl (C=O) groups excluding carboxylic acids is 2. The monoisotopic (exact) mass is 2420 g/mol. The Morgan fingerprint density at radius 1 is 0.407 bits per heavy atom. The highest BCUT2D eigenvalue weighted by Gasteiger charge is 2.28. The number of nitrogens with one attached hydrogen (secondary N) is 3. The first-order valence-electron chi connectivity index (χ1n) is 45.7. The highest BCUT2D eigenvalue weighted by Crippen LogP contribution is 2.35. The van der Waals surface area contributed by atoms with Crippen molar-refractivity contribution in [2.75, 3.05) is 12.5 Å². The first kappa shape index (κ1) is 109. The molecule has 0 saturated heterocycles. The quantitative estimate of drug-likeness (QED) is 0.0799. The molecular formula is C98H94Br4Cl6FN27O14. The molecule has 0 fully saturated rings. The Bertz CT molecular complexity index is 9770. The van der Waals surface area contributed by atoms with Gasteiger partial charge in [-0.3, -0.25) is 88.6 Å². The number of aromatic nitrogens is 26. The van der Waals surface area contributed by atoms with Gasteiger partial charge in [-0.2, -0.15) is 4.98 Å². The molecule has 0 bridgehead atoms. The number of aryl methyl sites for hydroxylation is 12. The second-order valence-corrected chi connectivity index (χ2v) is 41.7. The SMILES string of the molecule is CC(C)(C)OC(=O)n1ccc2c(Cl)c(CCl)ccc21.Cn1c(Br)nc2c1c(=O)[nH]c(=O)n2C.Cn1c(Br)nc2c1c(=O)n(Cc1cc(Cl)c3cc[nH]c3c1)c(=O)n2C.Cn1c(Br)nc2c1c(=O)n(Cc1cc(Cl)c3ccn(C(=O)OC(C)(C)C)c3c1)c(=O)n2C.Cn1ccc2c(Cl)cc(Cn3c(=O)c4c(nc(Br)n4C)n(C)c3=O)cc21.Cn1ccc2c(Cl)cc(Cn3c(=O)c4c(nc(Nc5ccncc5)n4C)n(C)c3=O)cc21.[2H]CF. The number of carbonyl (C=O) groups is 2. The summed E-state index contributed by atoms with van der Waals surface area (Å²) >= 11 is 50.7. The lowest BCUT2D eigenvalue weighted by atomic mass is 10.1. The maximum Gasteiger partial charge on any atom is 0.418 e. The Morgan fingerprint density at radius 3 is 1.15 bits per heavy atom. The summed E-state index contributed by atoms with van der Waals surface area (Å²) in [5.74, 6) is 0.788. The molecule has 5 aromatic carbocycles. The fourth-order valence-electron chi connectivity index (χ4n) is 16.8. The maximum atomic E-state index is 13.4. The molecule has 21 rings (SSSR count). The lowest BCUT2D eigenvalue weighted by Crippen LogP contribution is -2.39. The minimum Gasteiger partial charge on any atom is -0.443 e. The van der Waals surface area contributed by atoms with E-state index in [2.05, 4.69) is 109 Å². The first-order valence-corrected chi connectivity index (χ1v) is 50.6. The van der Waals surface area contributed by atoms with E-state index in [1.54, 1.807) is 200 Å². The molecule has 0 aliphatic rings. The number of rotatable bonds is 11. The minimum absolute atomic E-state index is 0.0284. The molecule has 52 heteroatoms. The molecule has 0 aliphatic carbocycles. The van der Waals surface area contributed by atoms with Gasteiger partial charge in [-0.25, -0.2) is 53.5 Å². The molecule has 41 nitrogen and oxygen atoms in total. The van der Waals surface area contributed by atoms with Crippen LogP contribution in [0.4, 0.5) is 25.6 Å². The summed E-state index contributed by atoms with van der Waals surface area (Å²) in [4.78, 5) is 182. The molecule has 3 N–H and O–H groups in total. The molecule has 16 aromatic heterocycles. The number of aromatic amines is 2. The van der Waals surface area contributed by atoms with Crippen molar-refractivity contribution in [3.8, 4) is 0 Å². The van der Waals surface area contributed by atoms with E-state index in [0.717, 1.165) is 70.6 Å². The van der Waals surface area contributed by atoms with Crippen LogP contribution in [-0.2, 0) is 126 Å². The number of H-pyrrole nitrogens is 2. The smallest absolute Gasteiger partial charge is 0.418 e. The van der Waals surface area contributed by atoms with Crippen LogP contribution >= 0.6 is 133 Å². The Labute approximate surface area is 911 Å². The van der Waals surface area contributed by atoms with Crippen molar-refractivity contribution in [1.29, 1.82) is 0 Å². The Balaban J connectivity index is 0.000000137. The van der Waals surface area contributed by atoms with Crippen molar-refractivity contribution < 1.29 is 24.8 Å². The normalized spacial score (nSPS) is 11.7. The summed E-state index contributed by atoms with van der Waals surface area (Å²) in [6, 6.07) is 31.0. The number of hydrogen-bond donors (Lipinski definition) is 3. The summed E-state index contributed by atoms with van der Waals surface area (Å²) < 4.78 is 54.5. The van der Waals surface area contributed by atoms with E-state index >= 15 is 0 Å². The predicted octanol–water partition coefficient (Wildman–Crippen LogP) is 16.3. The van der Waals surface area contributed by atoms with Gasteiger partial charge in [0.05, 0.1) is 70.8 Å². The van der Waals surface area contributed by atoms with E-state index in [4.69, 9.17) is 80.5 Å². The van der Waals surface area contributed by atoms with Gasteiger partial charge >= 0.3 is 40.6 Å². The zero-order valence-corrected chi connectivity index (χ0v) is 94.1. The van der Waals surface area contributed by atoms with Crippen molar-refractivity contribution in [2.24, 2.45) is 84.6 Å². The van der Waals surface area contributed by atoms with Crippen LogP contribution in [0.1, 0.15) is 70.7 Å². The number of fused-ring (bicyclic) bond motifs is 10. The van der Waals surface area contributed by atoms with E-state index in [0.29, 0.717) is 128 Å². The second-order valence-electron chi connectivity index (χ2n) is 36.6. The van der Waals surface area contributed by atoms with E-state index in [1.807, 2.05) is 105 Å². The number of ether oxygens (including phenoxy) is 2. The lowest BCUT2D eigenvalue weighted by Gasteiger charge is -2.20. The number of anilines is 2. The van der Waals surface area contributed by atoms with Crippen LogP contribution < -0.4 is 61.6 Å². The predicted molar refractivity (Wildman–Crippen MR) is 595 cm³/mol. The number of alkyl halides is 2. The van der Waals surface area contributed by atoms with E-state index < -0.39 is 75.7 Å². The van der Waals surface area contributed by atoms with Crippen LogP contribution in [0.2, 0.25) is 25.1 Å². The fourth-order valence-corrected chi connectivity index (χ4v) is 19.9. The molecule has 0 amide bonds. The molecule has 0 radical (unpaired) electrons.